The van der Waals surface area contributed by atoms with Gasteiger partial charge in [-0.05, 0) is 54.8 Å². The lowest BCUT2D eigenvalue weighted by atomic mass is 10.1. The molecule has 0 bridgehead atoms. The van der Waals surface area contributed by atoms with Gasteiger partial charge in [0.15, 0.2) is 0 Å². The fourth-order valence-electron chi connectivity index (χ4n) is 4.01. The molecule has 7 nitrogen and oxygen atoms in total. The van der Waals surface area contributed by atoms with E-state index in [1.54, 1.807) is 25.1 Å². The van der Waals surface area contributed by atoms with Crippen LogP contribution in [0, 0.1) is 5.82 Å². The third kappa shape index (κ3) is 7.50. The Kier molecular flexibility index (Phi) is 10.7. The van der Waals surface area contributed by atoms with Crippen LogP contribution < -0.4 is 9.62 Å². The van der Waals surface area contributed by atoms with E-state index in [0.717, 1.165) is 10.4 Å². The second-order valence-electron chi connectivity index (χ2n) is 8.75. The van der Waals surface area contributed by atoms with Crippen LogP contribution in [0.2, 0.25) is 10.0 Å². The largest absolute Gasteiger partial charge is 0.354 e. The summed E-state index contributed by atoms with van der Waals surface area (Å²) in [5, 5.41) is 3.48. The van der Waals surface area contributed by atoms with Crippen molar-refractivity contribution in [2.24, 2.45) is 0 Å². The molecule has 0 radical (unpaired) electrons. The maximum Gasteiger partial charge on any atom is 0.264 e. The molecule has 0 saturated carbocycles. The van der Waals surface area contributed by atoms with Crippen molar-refractivity contribution >= 4 is 50.7 Å². The molecule has 0 fully saturated rings. The van der Waals surface area contributed by atoms with Crippen LogP contribution in [0.5, 0.6) is 0 Å². The maximum atomic E-state index is 14.9. The average Bonchev–Trinajstić information content (AvgIpc) is 2.92. The summed E-state index contributed by atoms with van der Waals surface area (Å²) in [7, 11) is -4.36. The molecule has 0 aliphatic rings. The predicted octanol–water partition coefficient (Wildman–Crippen LogP) is 5.66. The average molecular weight is 595 g/mol. The minimum absolute atomic E-state index is 0.0939. The first-order chi connectivity index (χ1) is 18.6. The molecule has 208 valence electrons. The van der Waals surface area contributed by atoms with E-state index in [9.17, 15) is 22.4 Å². The number of sulfonamides is 1. The molecule has 2 amide bonds. The summed E-state index contributed by atoms with van der Waals surface area (Å²) in [6.07, 6.45) is 0.938. The van der Waals surface area contributed by atoms with Crippen molar-refractivity contribution < 1.29 is 22.4 Å². The first-order valence-electron chi connectivity index (χ1n) is 12.4. The normalized spacial score (nSPS) is 12.0. The molecule has 3 aromatic carbocycles. The molecule has 0 aliphatic carbocycles. The van der Waals surface area contributed by atoms with Crippen LogP contribution in [0.25, 0.3) is 0 Å². The molecule has 39 heavy (non-hydrogen) atoms. The summed E-state index contributed by atoms with van der Waals surface area (Å²) in [6, 6.07) is 16.6. The fraction of sp³-hybridized carbons (Fsp3) is 0.286. The zero-order chi connectivity index (χ0) is 28.6. The molecule has 0 aromatic heterocycles. The fourth-order valence-corrected chi connectivity index (χ4v) is 5.92. The standard InChI is InChI=1S/C28H30Cl2FN3O4S/c1-3-16-32-28(36)25(4-2)33(18-20-14-15-21(29)17-23(20)30)27(35)19-34(26-13-9-8-12-24(26)31)39(37,38)22-10-6-5-7-11-22/h5-15,17,25H,3-4,16,18-19H2,1-2H3,(H,32,36)/t25-/m1/s1. The van der Waals surface area contributed by atoms with Crippen molar-refractivity contribution in [3.8, 4) is 0 Å². The number of anilines is 1. The van der Waals surface area contributed by atoms with E-state index >= 15 is 0 Å². The molecule has 0 unspecified atom stereocenters. The van der Waals surface area contributed by atoms with E-state index in [1.807, 2.05) is 6.92 Å². The Morgan fingerprint density at radius 3 is 2.26 bits per heavy atom. The van der Waals surface area contributed by atoms with E-state index in [-0.39, 0.29) is 34.5 Å². The Morgan fingerprint density at radius 1 is 0.974 bits per heavy atom. The smallest absolute Gasteiger partial charge is 0.264 e. The summed E-state index contributed by atoms with van der Waals surface area (Å²) in [5.74, 6) is -1.91. The van der Waals surface area contributed by atoms with Crippen LogP contribution >= 0.6 is 23.2 Å². The predicted molar refractivity (Wildman–Crippen MR) is 152 cm³/mol. The number of hydrogen-bond acceptors (Lipinski definition) is 4. The van der Waals surface area contributed by atoms with Crippen molar-refractivity contribution in [2.45, 2.75) is 44.2 Å². The molecular weight excluding hydrogens is 564 g/mol. The molecule has 3 rings (SSSR count). The quantitative estimate of drug-likeness (QED) is 0.293. The maximum absolute atomic E-state index is 14.9. The van der Waals surface area contributed by atoms with Gasteiger partial charge in [-0.25, -0.2) is 12.8 Å². The Bertz CT molecular complexity index is 1410. The lowest BCUT2D eigenvalue weighted by Crippen LogP contribution is -2.52. The summed E-state index contributed by atoms with van der Waals surface area (Å²) in [6.45, 7) is 3.21. The van der Waals surface area contributed by atoms with Crippen LogP contribution in [0.3, 0.4) is 0 Å². The Balaban J connectivity index is 2.07. The number of nitrogens with one attached hydrogen (secondary N) is 1. The van der Waals surface area contributed by atoms with Gasteiger partial charge in [0.25, 0.3) is 10.0 Å². The minimum Gasteiger partial charge on any atom is -0.354 e. The molecule has 3 aromatic rings. The highest BCUT2D eigenvalue weighted by Crippen LogP contribution is 2.28. The highest BCUT2D eigenvalue weighted by atomic mass is 35.5. The van der Waals surface area contributed by atoms with E-state index < -0.39 is 34.3 Å². The summed E-state index contributed by atoms with van der Waals surface area (Å²) >= 11 is 12.4. The summed E-state index contributed by atoms with van der Waals surface area (Å²) in [4.78, 5) is 28.2. The molecule has 1 N–H and O–H groups in total. The Labute approximate surface area is 238 Å². The van der Waals surface area contributed by atoms with Gasteiger partial charge in [-0.3, -0.25) is 13.9 Å². The highest BCUT2D eigenvalue weighted by molar-refractivity contribution is 7.92. The van der Waals surface area contributed by atoms with Gasteiger partial charge in [0.2, 0.25) is 11.8 Å². The second-order valence-corrected chi connectivity index (χ2v) is 11.5. The van der Waals surface area contributed by atoms with Crippen LogP contribution in [-0.2, 0) is 26.2 Å². The van der Waals surface area contributed by atoms with E-state index in [0.29, 0.717) is 23.6 Å². The molecule has 0 heterocycles. The first-order valence-corrected chi connectivity index (χ1v) is 14.6. The Morgan fingerprint density at radius 2 is 1.64 bits per heavy atom. The monoisotopic (exact) mass is 593 g/mol. The molecule has 0 spiro atoms. The van der Waals surface area contributed by atoms with Crippen molar-refractivity contribution in [2.75, 3.05) is 17.4 Å². The van der Waals surface area contributed by atoms with Gasteiger partial charge in [-0.1, -0.05) is 73.4 Å². The highest BCUT2D eigenvalue weighted by Gasteiger charge is 2.34. The van der Waals surface area contributed by atoms with Crippen LogP contribution in [0.4, 0.5) is 10.1 Å². The number of hydrogen-bond donors (Lipinski definition) is 1. The molecule has 11 heteroatoms. The minimum atomic E-state index is -4.36. The number of halogens is 3. The molecule has 0 saturated heterocycles. The van der Waals surface area contributed by atoms with Gasteiger partial charge < -0.3 is 10.2 Å². The number of carbonyl (C=O) groups excluding carboxylic acids is 2. The third-order valence-electron chi connectivity index (χ3n) is 6.02. The molecule has 1 atom stereocenters. The van der Waals surface area contributed by atoms with E-state index in [4.69, 9.17) is 23.2 Å². The van der Waals surface area contributed by atoms with E-state index in [1.165, 1.54) is 53.4 Å². The second kappa shape index (κ2) is 13.8. The van der Waals surface area contributed by atoms with Gasteiger partial charge in [0.05, 0.1) is 10.6 Å². The first kappa shape index (κ1) is 30.4. The summed E-state index contributed by atoms with van der Waals surface area (Å²) < 4.78 is 43.0. The SMILES string of the molecule is CCCNC(=O)[C@@H](CC)N(Cc1ccc(Cl)cc1Cl)C(=O)CN(c1ccccc1F)S(=O)(=O)c1ccccc1. The molecule has 0 aliphatic heterocycles. The zero-order valence-electron chi connectivity index (χ0n) is 21.6. The van der Waals surface area contributed by atoms with Crippen LogP contribution in [0.15, 0.2) is 77.7 Å². The van der Waals surface area contributed by atoms with Crippen molar-refractivity contribution in [1.82, 2.24) is 10.2 Å². The van der Waals surface area contributed by atoms with Gasteiger partial charge in [-0.15, -0.1) is 0 Å². The number of para-hydroxylation sites is 1. The molecular formula is C28H30Cl2FN3O4S. The number of benzene rings is 3. The number of rotatable bonds is 12. The number of amides is 2. The van der Waals surface area contributed by atoms with Gasteiger partial charge in [0, 0.05) is 23.1 Å². The topological polar surface area (TPSA) is 86.8 Å². The van der Waals surface area contributed by atoms with E-state index in [2.05, 4.69) is 5.32 Å². The number of carbonyl (C=O) groups is 2. The van der Waals surface area contributed by atoms with Gasteiger partial charge >= 0.3 is 0 Å². The zero-order valence-corrected chi connectivity index (χ0v) is 23.9. The van der Waals surface area contributed by atoms with Crippen molar-refractivity contribution in [1.29, 1.82) is 0 Å². The van der Waals surface area contributed by atoms with Gasteiger partial charge in [0.1, 0.15) is 18.4 Å². The lowest BCUT2D eigenvalue weighted by molar-refractivity contribution is -0.140. The number of nitrogens with zero attached hydrogens (tertiary/aromatic N) is 2. The van der Waals surface area contributed by atoms with Gasteiger partial charge in [-0.2, -0.15) is 0 Å². The van der Waals surface area contributed by atoms with Crippen molar-refractivity contribution in [3.05, 3.63) is 94.2 Å². The third-order valence-corrected chi connectivity index (χ3v) is 8.38. The Hall–Kier alpha value is -3.14. The summed E-state index contributed by atoms with van der Waals surface area (Å²) in [5.41, 5.74) is 0.224. The van der Waals surface area contributed by atoms with Crippen LogP contribution in [-0.4, -0.2) is 44.3 Å². The van der Waals surface area contributed by atoms with Crippen molar-refractivity contribution in [3.63, 3.8) is 0 Å². The lowest BCUT2D eigenvalue weighted by Gasteiger charge is -2.33. The van der Waals surface area contributed by atoms with Crippen LogP contribution in [0.1, 0.15) is 32.3 Å².